The molecule has 1 aliphatic rings. The molecule has 0 aromatic heterocycles. The highest BCUT2D eigenvalue weighted by atomic mass is 35.5. The fourth-order valence-corrected chi connectivity index (χ4v) is 1.79. The highest BCUT2D eigenvalue weighted by Gasteiger charge is 2.29. The van der Waals surface area contributed by atoms with Crippen LogP contribution in [0.1, 0.15) is 26.7 Å². The Hall–Kier alpha value is -1.34. The van der Waals surface area contributed by atoms with Gasteiger partial charge in [-0.2, -0.15) is 0 Å². The number of hydrogen-bond donors (Lipinski definition) is 4. The normalized spacial score (nSPS) is 18.4. The van der Waals surface area contributed by atoms with E-state index < -0.39 is 11.9 Å². The molecule has 20 heavy (non-hydrogen) atoms. The lowest BCUT2D eigenvalue weighted by atomic mass is 10.0. The van der Waals surface area contributed by atoms with E-state index in [4.69, 9.17) is 5.73 Å². The van der Waals surface area contributed by atoms with Crippen LogP contribution in [-0.4, -0.2) is 42.9 Å². The van der Waals surface area contributed by atoms with E-state index in [-0.39, 0.29) is 42.7 Å². The first-order valence-electron chi connectivity index (χ1n) is 6.50. The van der Waals surface area contributed by atoms with Gasteiger partial charge in [0.05, 0.1) is 12.6 Å². The first-order chi connectivity index (χ1) is 8.90. The molecule has 1 unspecified atom stereocenters. The van der Waals surface area contributed by atoms with E-state index >= 15 is 0 Å². The number of nitrogens with two attached hydrogens (primary N) is 1. The van der Waals surface area contributed by atoms with Crippen LogP contribution in [-0.2, 0) is 14.4 Å². The average molecular weight is 307 g/mol. The summed E-state index contributed by atoms with van der Waals surface area (Å²) in [7, 11) is 0. The molecule has 116 valence electrons. The maximum absolute atomic E-state index is 11.9. The Balaban J connectivity index is 0.00000361. The molecule has 0 saturated carbocycles. The summed E-state index contributed by atoms with van der Waals surface area (Å²) in [6.07, 6.45) is 1.30. The molecule has 0 bridgehead atoms. The molecule has 1 heterocycles. The minimum absolute atomic E-state index is 0. The Morgan fingerprint density at radius 2 is 1.95 bits per heavy atom. The van der Waals surface area contributed by atoms with Crippen molar-refractivity contribution in [2.24, 2.45) is 11.7 Å². The SMILES string of the molecule is CC(C)C[C@H](NC(=O)C1CCN1)C(=O)NCC(N)=O.Cl. The van der Waals surface area contributed by atoms with Crippen LogP contribution in [0.5, 0.6) is 0 Å². The van der Waals surface area contributed by atoms with Crippen LogP contribution < -0.4 is 21.7 Å². The Kier molecular flexibility index (Phi) is 8.17. The lowest BCUT2D eigenvalue weighted by Crippen LogP contribution is -2.58. The summed E-state index contributed by atoms with van der Waals surface area (Å²) in [6.45, 7) is 4.52. The Labute approximate surface area is 124 Å². The summed E-state index contributed by atoms with van der Waals surface area (Å²) >= 11 is 0. The number of hydrogen-bond acceptors (Lipinski definition) is 4. The second kappa shape index (κ2) is 8.76. The summed E-state index contributed by atoms with van der Waals surface area (Å²) in [5, 5.41) is 8.10. The van der Waals surface area contributed by atoms with Gasteiger partial charge in [0, 0.05) is 0 Å². The third kappa shape index (κ3) is 6.21. The summed E-state index contributed by atoms with van der Waals surface area (Å²) in [6, 6.07) is -0.840. The Morgan fingerprint density at radius 1 is 1.35 bits per heavy atom. The average Bonchev–Trinajstić information content (AvgIpc) is 2.21. The van der Waals surface area contributed by atoms with Gasteiger partial charge >= 0.3 is 0 Å². The zero-order valence-electron chi connectivity index (χ0n) is 11.8. The van der Waals surface area contributed by atoms with E-state index in [9.17, 15) is 14.4 Å². The molecule has 7 nitrogen and oxygen atoms in total. The van der Waals surface area contributed by atoms with Crippen molar-refractivity contribution in [3.05, 3.63) is 0 Å². The summed E-state index contributed by atoms with van der Waals surface area (Å²) in [5.74, 6) is -0.908. The van der Waals surface area contributed by atoms with E-state index in [1.54, 1.807) is 0 Å². The molecule has 5 N–H and O–H groups in total. The van der Waals surface area contributed by atoms with Crippen molar-refractivity contribution >= 4 is 30.1 Å². The highest BCUT2D eigenvalue weighted by molar-refractivity contribution is 5.91. The standard InChI is InChI=1S/C12H22N4O3.ClH/c1-7(2)5-9(11(18)15-6-10(13)17)16-12(19)8-3-4-14-8;/h7-9,14H,3-6H2,1-2H3,(H2,13,17)(H,15,18)(H,16,19);1H/t8?,9-;/m0./s1. The largest absolute Gasteiger partial charge is 0.368 e. The fraction of sp³-hybridized carbons (Fsp3) is 0.750. The molecule has 0 aromatic carbocycles. The molecular weight excluding hydrogens is 284 g/mol. The number of primary amides is 1. The van der Waals surface area contributed by atoms with E-state index in [2.05, 4.69) is 16.0 Å². The van der Waals surface area contributed by atoms with Gasteiger partial charge in [0.2, 0.25) is 17.7 Å². The maximum Gasteiger partial charge on any atom is 0.243 e. The van der Waals surface area contributed by atoms with Gasteiger partial charge in [-0.05, 0) is 25.3 Å². The molecule has 8 heteroatoms. The minimum Gasteiger partial charge on any atom is -0.368 e. The first-order valence-corrected chi connectivity index (χ1v) is 6.50. The second-order valence-electron chi connectivity index (χ2n) is 5.17. The third-order valence-corrected chi connectivity index (χ3v) is 2.92. The van der Waals surface area contributed by atoms with Crippen LogP contribution in [0.2, 0.25) is 0 Å². The molecule has 1 rings (SSSR count). The van der Waals surface area contributed by atoms with E-state index in [0.717, 1.165) is 13.0 Å². The maximum atomic E-state index is 11.9. The van der Waals surface area contributed by atoms with Crippen molar-refractivity contribution in [3.8, 4) is 0 Å². The van der Waals surface area contributed by atoms with Crippen molar-refractivity contribution in [3.63, 3.8) is 0 Å². The molecule has 3 amide bonds. The molecular formula is C12H23ClN4O3. The van der Waals surface area contributed by atoms with Crippen molar-refractivity contribution in [1.82, 2.24) is 16.0 Å². The molecule has 0 radical (unpaired) electrons. The third-order valence-electron chi connectivity index (χ3n) is 2.92. The zero-order valence-corrected chi connectivity index (χ0v) is 12.6. The van der Waals surface area contributed by atoms with Gasteiger partial charge in [0.15, 0.2) is 0 Å². The predicted molar refractivity (Wildman–Crippen MR) is 77.2 cm³/mol. The minimum atomic E-state index is -0.630. The quantitative estimate of drug-likeness (QED) is 0.478. The Bertz CT molecular complexity index is 359. The van der Waals surface area contributed by atoms with Crippen LogP contribution in [0, 0.1) is 5.92 Å². The highest BCUT2D eigenvalue weighted by Crippen LogP contribution is 2.07. The lowest BCUT2D eigenvalue weighted by molar-refractivity contribution is -0.131. The van der Waals surface area contributed by atoms with Gasteiger partial charge in [-0.25, -0.2) is 0 Å². The zero-order chi connectivity index (χ0) is 14.4. The van der Waals surface area contributed by atoms with Crippen LogP contribution in [0.3, 0.4) is 0 Å². The molecule has 2 atom stereocenters. The first kappa shape index (κ1) is 18.7. The van der Waals surface area contributed by atoms with Crippen molar-refractivity contribution < 1.29 is 14.4 Å². The molecule has 0 spiro atoms. The van der Waals surface area contributed by atoms with Crippen LogP contribution in [0.15, 0.2) is 0 Å². The van der Waals surface area contributed by atoms with Gasteiger partial charge in [0.1, 0.15) is 6.04 Å². The molecule has 0 aromatic rings. The topological polar surface area (TPSA) is 113 Å². The monoisotopic (exact) mass is 306 g/mol. The van der Waals surface area contributed by atoms with E-state index in [0.29, 0.717) is 6.42 Å². The predicted octanol–water partition coefficient (Wildman–Crippen LogP) is -1.10. The Morgan fingerprint density at radius 3 is 2.35 bits per heavy atom. The molecule has 0 aliphatic carbocycles. The van der Waals surface area contributed by atoms with Crippen LogP contribution >= 0.6 is 12.4 Å². The van der Waals surface area contributed by atoms with Crippen molar-refractivity contribution in [2.75, 3.05) is 13.1 Å². The molecule has 1 aliphatic heterocycles. The second-order valence-corrected chi connectivity index (χ2v) is 5.17. The van der Waals surface area contributed by atoms with Gasteiger partial charge in [-0.15, -0.1) is 12.4 Å². The number of rotatable bonds is 7. The summed E-state index contributed by atoms with van der Waals surface area (Å²) < 4.78 is 0. The number of carbonyl (C=O) groups is 3. The number of carbonyl (C=O) groups excluding carboxylic acids is 3. The number of amides is 3. The van der Waals surface area contributed by atoms with Crippen molar-refractivity contribution in [1.29, 1.82) is 0 Å². The van der Waals surface area contributed by atoms with Crippen molar-refractivity contribution in [2.45, 2.75) is 38.8 Å². The van der Waals surface area contributed by atoms with Crippen LogP contribution in [0.4, 0.5) is 0 Å². The summed E-state index contributed by atoms with van der Waals surface area (Å²) in [5.41, 5.74) is 4.97. The molecule has 1 fully saturated rings. The van der Waals surface area contributed by atoms with E-state index in [1.807, 2.05) is 13.8 Å². The number of nitrogens with one attached hydrogen (secondary N) is 3. The van der Waals surface area contributed by atoms with Gasteiger partial charge in [0.25, 0.3) is 0 Å². The molecule has 1 saturated heterocycles. The fourth-order valence-electron chi connectivity index (χ4n) is 1.79. The van der Waals surface area contributed by atoms with Gasteiger partial charge in [-0.1, -0.05) is 13.8 Å². The van der Waals surface area contributed by atoms with Gasteiger partial charge < -0.3 is 21.7 Å². The van der Waals surface area contributed by atoms with Crippen LogP contribution in [0.25, 0.3) is 0 Å². The van der Waals surface area contributed by atoms with Gasteiger partial charge in [-0.3, -0.25) is 14.4 Å². The smallest absolute Gasteiger partial charge is 0.243 e. The number of halogens is 1. The summed E-state index contributed by atoms with van der Waals surface area (Å²) in [4.78, 5) is 34.4. The van der Waals surface area contributed by atoms with E-state index in [1.165, 1.54) is 0 Å². The lowest BCUT2D eigenvalue weighted by Gasteiger charge is -2.29.